The number of anilines is 1. The minimum atomic E-state index is -3.83. The first-order valence-corrected chi connectivity index (χ1v) is 12.2. The number of nitrogens with two attached hydrogens (primary N) is 1. The summed E-state index contributed by atoms with van der Waals surface area (Å²) < 4.78 is 28.3. The quantitative estimate of drug-likeness (QED) is 0.555. The summed E-state index contributed by atoms with van der Waals surface area (Å²) in [5, 5.41) is 8.42. The van der Waals surface area contributed by atoms with E-state index in [2.05, 4.69) is 12.2 Å². The van der Waals surface area contributed by atoms with Crippen LogP contribution in [0.3, 0.4) is 0 Å². The minimum Gasteiger partial charge on any atom is -0.449 e. The number of nitrogens with zero attached hydrogens (tertiary/aromatic N) is 1. The lowest BCUT2D eigenvalue weighted by molar-refractivity contribution is -0.123. The van der Waals surface area contributed by atoms with Gasteiger partial charge < -0.3 is 10.1 Å². The fraction of sp³-hybridized carbons (Fsp3) is 0.292. The summed E-state index contributed by atoms with van der Waals surface area (Å²) in [6.45, 7) is 3.63. The number of hydrogen-bond donors (Lipinski definition) is 2. The van der Waals surface area contributed by atoms with Gasteiger partial charge in [-0.05, 0) is 68.0 Å². The predicted octanol–water partition coefficient (Wildman–Crippen LogP) is 3.19. The van der Waals surface area contributed by atoms with Crippen LogP contribution in [0.1, 0.15) is 41.9 Å². The van der Waals surface area contributed by atoms with E-state index in [-0.39, 0.29) is 4.90 Å². The first-order valence-electron chi connectivity index (χ1n) is 10.7. The molecule has 0 saturated heterocycles. The van der Waals surface area contributed by atoms with Crippen molar-refractivity contribution in [3.63, 3.8) is 0 Å². The number of sulfonamides is 1. The molecule has 8 nitrogen and oxygen atoms in total. The molecule has 33 heavy (non-hydrogen) atoms. The Labute approximate surface area is 192 Å². The Morgan fingerprint density at radius 3 is 2.55 bits per heavy atom. The second-order valence-corrected chi connectivity index (χ2v) is 9.94. The topological polar surface area (TPSA) is 128 Å². The van der Waals surface area contributed by atoms with Gasteiger partial charge in [-0.3, -0.25) is 9.78 Å². The molecule has 0 radical (unpaired) electrons. The fourth-order valence-corrected chi connectivity index (χ4v) is 4.56. The van der Waals surface area contributed by atoms with Gasteiger partial charge in [0.1, 0.15) is 0 Å². The molecule has 0 saturated carbocycles. The lowest BCUT2D eigenvalue weighted by atomic mass is 9.84. The Morgan fingerprint density at radius 2 is 1.85 bits per heavy atom. The van der Waals surface area contributed by atoms with Crippen LogP contribution in [0.5, 0.6) is 0 Å². The summed E-state index contributed by atoms with van der Waals surface area (Å²) in [6, 6.07) is 12.8. The van der Waals surface area contributed by atoms with Crippen LogP contribution in [0.4, 0.5) is 5.69 Å². The van der Waals surface area contributed by atoms with E-state index in [1.54, 1.807) is 0 Å². The smallest absolute Gasteiger partial charge is 0.339 e. The third-order valence-electron chi connectivity index (χ3n) is 5.81. The van der Waals surface area contributed by atoms with Gasteiger partial charge in [0.2, 0.25) is 10.0 Å². The van der Waals surface area contributed by atoms with Crippen molar-refractivity contribution < 1.29 is 22.7 Å². The number of benzene rings is 2. The largest absolute Gasteiger partial charge is 0.449 e. The molecule has 3 aromatic rings. The maximum Gasteiger partial charge on any atom is 0.339 e. The van der Waals surface area contributed by atoms with Gasteiger partial charge in [0.25, 0.3) is 5.91 Å². The maximum atomic E-state index is 13.2. The molecule has 1 aliphatic carbocycles. The van der Waals surface area contributed by atoms with Gasteiger partial charge in [-0.25, -0.2) is 18.4 Å². The highest BCUT2D eigenvalue weighted by molar-refractivity contribution is 7.89. The summed E-state index contributed by atoms with van der Waals surface area (Å²) in [6.07, 6.45) is 1.47. The molecule has 0 bridgehead atoms. The third kappa shape index (κ3) is 4.89. The average molecular weight is 468 g/mol. The van der Waals surface area contributed by atoms with Crippen LogP contribution in [0.15, 0.2) is 53.4 Å². The third-order valence-corrected chi connectivity index (χ3v) is 6.74. The van der Waals surface area contributed by atoms with Crippen molar-refractivity contribution in [1.29, 1.82) is 0 Å². The van der Waals surface area contributed by atoms with Crippen molar-refractivity contribution in [3.05, 3.63) is 65.4 Å². The standard InChI is InChI=1S/C24H25N3O5S/c1-14-7-12-21-19(13-14)22(18-5-3-4-6-20(18)27-21)24(29)32-15(2)23(28)26-16-8-10-17(11-9-16)33(25,30)31/h3-6,8-11,14-15H,7,12-13H2,1-2H3,(H,26,28)(H2,25,30,31)/t14-,15+/m0/s1. The number of esters is 1. The molecule has 1 heterocycles. The van der Waals surface area contributed by atoms with E-state index in [0.717, 1.165) is 36.0 Å². The van der Waals surface area contributed by atoms with E-state index in [9.17, 15) is 18.0 Å². The van der Waals surface area contributed by atoms with Crippen LogP contribution >= 0.6 is 0 Å². The number of primary sulfonamides is 1. The van der Waals surface area contributed by atoms with E-state index < -0.39 is 28.0 Å². The number of nitrogens with one attached hydrogen (secondary N) is 1. The van der Waals surface area contributed by atoms with Gasteiger partial charge in [0.05, 0.1) is 16.0 Å². The van der Waals surface area contributed by atoms with Crippen LogP contribution < -0.4 is 10.5 Å². The molecule has 9 heteroatoms. The molecular formula is C24H25N3O5S. The molecule has 172 valence electrons. The SMILES string of the molecule is C[C@H]1CCc2nc3ccccc3c(C(=O)O[C@H](C)C(=O)Nc3ccc(S(N)(=O)=O)cc3)c2C1. The Hall–Kier alpha value is -3.30. The highest BCUT2D eigenvalue weighted by atomic mass is 32.2. The number of carbonyl (C=O) groups excluding carboxylic acids is 2. The lowest BCUT2D eigenvalue weighted by Gasteiger charge is -2.24. The molecule has 0 unspecified atom stereocenters. The number of aryl methyl sites for hydroxylation is 1. The second kappa shape index (κ2) is 8.92. The van der Waals surface area contributed by atoms with Crippen molar-refractivity contribution in [2.75, 3.05) is 5.32 Å². The summed E-state index contributed by atoms with van der Waals surface area (Å²) >= 11 is 0. The average Bonchev–Trinajstić information content (AvgIpc) is 2.77. The van der Waals surface area contributed by atoms with E-state index in [1.165, 1.54) is 31.2 Å². The molecule has 0 spiro atoms. The Balaban J connectivity index is 1.55. The van der Waals surface area contributed by atoms with Gasteiger partial charge in [0.15, 0.2) is 6.10 Å². The number of amides is 1. The minimum absolute atomic E-state index is 0.0662. The number of hydrogen-bond acceptors (Lipinski definition) is 6. The molecule has 0 fully saturated rings. The van der Waals surface area contributed by atoms with Crippen molar-refractivity contribution in [2.24, 2.45) is 11.1 Å². The Kier molecular flexibility index (Phi) is 6.18. The first kappa shape index (κ1) is 22.9. The molecule has 0 aliphatic heterocycles. The molecular weight excluding hydrogens is 442 g/mol. The zero-order valence-corrected chi connectivity index (χ0v) is 19.2. The lowest BCUT2D eigenvalue weighted by Crippen LogP contribution is -2.31. The summed E-state index contributed by atoms with van der Waals surface area (Å²) in [7, 11) is -3.83. The van der Waals surface area contributed by atoms with E-state index >= 15 is 0 Å². The van der Waals surface area contributed by atoms with Gasteiger partial charge in [-0.1, -0.05) is 25.1 Å². The molecule has 1 aliphatic rings. The molecule has 1 aromatic heterocycles. The van der Waals surface area contributed by atoms with E-state index in [4.69, 9.17) is 14.9 Å². The van der Waals surface area contributed by atoms with Crippen molar-refractivity contribution in [1.82, 2.24) is 4.98 Å². The van der Waals surface area contributed by atoms with Crippen LogP contribution in [0.2, 0.25) is 0 Å². The zero-order valence-electron chi connectivity index (χ0n) is 18.4. The predicted molar refractivity (Wildman–Crippen MR) is 124 cm³/mol. The number of fused-ring (bicyclic) bond motifs is 2. The van der Waals surface area contributed by atoms with Crippen molar-refractivity contribution in [3.8, 4) is 0 Å². The van der Waals surface area contributed by atoms with Crippen LogP contribution in [0, 0.1) is 5.92 Å². The Bertz CT molecular complexity index is 1340. The number of rotatable bonds is 5. The molecule has 2 atom stereocenters. The Morgan fingerprint density at radius 1 is 1.15 bits per heavy atom. The van der Waals surface area contributed by atoms with Gasteiger partial charge in [0, 0.05) is 16.8 Å². The molecule has 3 N–H and O–H groups in total. The van der Waals surface area contributed by atoms with Gasteiger partial charge >= 0.3 is 5.97 Å². The second-order valence-electron chi connectivity index (χ2n) is 8.38. The summed E-state index contributed by atoms with van der Waals surface area (Å²) in [5.74, 6) is -0.675. The first-order chi connectivity index (χ1) is 15.6. The monoisotopic (exact) mass is 467 g/mol. The highest BCUT2D eigenvalue weighted by Gasteiger charge is 2.28. The van der Waals surface area contributed by atoms with Gasteiger partial charge in [-0.15, -0.1) is 0 Å². The normalized spacial score (nSPS) is 16.6. The fourth-order valence-electron chi connectivity index (χ4n) is 4.04. The highest BCUT2D eigenvalue weighted by Crippen LogP contribution is 2.32. The number of aromatic nitrogens is 1. The van der Waals surface area contributed by atoms with Crippen molar-refractivity contribution in [2.45, 2.75) is 44.1 Å². The zero-order chi connectivity index (χ0) is 23.8. The van der Waals surface area contributed by atoms with Crippen molar-refractivity contribution >= 4 is 38.5 Å². The van der Waals surface area contributed by atoms with Crippen LogP contribution in [-0.4, -0.2) is 31.4 Å². The number of para-hydroxylation sites is 1. The summed E-state index contributed by atoms with van der Waals surface area (Å²) in [5.41, 5.74) is 3.36. The maximum absolute atomic E-state index is 13.2. The molecule has 4 rings (SSSR count). The van der Waals surface area contributed by atoms with Crippen LogP contribution in [-0.2, 0) is 32.4 Å². The summed E-state index contributed by atoms with van der Waals surface area (Å²) in [4.78, 5) is 30.6. The number of carbonyl (C=O) groups is 2. The van der Waals surface area contributed by atoms with Gasteiger partial charge in [-0.2, -0.15) is 0 Å². The van der Waals surface area contributed by atoms with E-state index in [0.29, 0.717) is 22.6 Å². The number of ether oxygens (including phenoxy) is 1. The van der Waals surface area contributed by atoms with E-state index in [1.807, 2.05) is 24.3 Å². The number of pyridine rings is 1. The van der Waals surface area contributed by atoms with Crippen LogP contribution in [0.25, 0.3) is 10.9 Å². The molecule has 2 aromatic carbocycles. The molecule has 1 amide bonds.